The Kier molecular flexibility index (Phi) is 4.10. The molecule has 0 aliphatic rings. The smallest absolute Gasteiger partial charge is 0.271 e. The van der Waals surface area contributed by atoms with Crippen molar-refractivity contribution < 1.29 is 13.3 Å². The standard InChI is InChI=1S/C14H11N3O4S/c1-10-5-6-12(17(18)19)8-14(10)16-22(20,21)13-4-2-3-11(7-13)9-15/h2-8,16H,1H3. The number of aryl methyl sites for hydroxylation is 1. The van der Waals surface area contributed by atoms with Crippen molar-refractivity contribution in [1.82, 2.24) is 0 Å². The number of anilines is 1. The average molecular weight is 317 g/mol. The number of benzene rings is 2. The lowest BCUT2D eigenvalue weighted by molar-refractivity contribution is -0.384. The maximum absolute atomic E-state index is 12.3. The van der Waals surface area contributed by atoms with Crippen LogP contribution in [0.4, 0.5) is 11.4 Å². The van der Waals surface area contributed by atoms with Crippen LogP contribution in [0.3, 0.4) is 0 Å². The number of hydrogen-bond donors (Lipinski definition) is 1. The number of nitrogens with one attached hydrogen (secondary N) is 1. The van der Waals surface area contributed by atoms with Gasteiger partial charge in [-0.2, -0.15) is 5.26 Å². The van der Waals surface area contributed by atoms with E-state index in [1.54, 1.807) is 6.92 Å². The third-order valence-corrected chi connectivity index (χ3v) is 4.31. The van der Waals surface area contributed by atoms with Gasteiger partial charge in [0.2, 0.25) is 0 Å². The summed E-state index contributed by atoms with van der Waals surface area (Å²) in [5.41, 5.74) is 0.662. The normalized spacial score (nSPS) is 10.7. The van der Waals surface area contributed by atoms with Crippen molar-refractivity contribution in [3.8, 4) is 6.07 Å². The Morgan fingerprint density at radius 3 is 2.59 bits per heavy atom. The zero-order chi connectivity index (χ0) is 16.3. The topological polar surface area (TPSA) is 113 Å². The molecule has 2 aromatic carbocycles. The largest absolute Gasteiger partial charge is 0.279 e. The Balaban J connectivity index is 2.43. The molecule has 0 radical (unpaired) electrons. The van der Waals surface area contributed by atoms with Gasteiger partial charge in [-0.1, -0.05) is 12.1 Å². The first-order valence-corrected chi connectivity index (χ1v) is 7.60. The van der Waals surface area contributed by atoms with Crippen molar-refractivity contribution in [2.24, 2.45) is 0 Å². The van der Waals surface area contributed by atoms with E-state index in [1.807, 2.05) is 6.07 Å². The molecule has 0 saturated carbocycles. The Morgan fingerprint density at radius 1 is 1.23 bits per heavy atom. The second-order valence-electron chi connectivity index (χ2n) is 4.50. The van der Waals surface area contributed by atoms with Crippen molar-refractivity contribution in [1.29, 1.82) is 5.26 Å². The molecule has 7 nitrogen and oxygen atoms in total. The van der Waals surface area contributed by atoms with Crippen LogP contribution in [0.2, 0.25) is 0 Å². The summed E-state index contributed by atoms with van der Waals surface area (Å²) >= 11 is 0. The van der Waals surface area contributed by atoms with Crippen LogP contribution in [0.15, 0.2) is 47.4 Å². The first kappa shape index (κ1) is 15.5. The van der Waals surface area contributed by atoms with Gasteiger partial charge >= 0.3 is 0 Å². The zero-order valence-electron chi connectivity index (χ0n) is 11.5. The molecule has 0 unspecified atom stereocenters. The maximum Gasteiger partial charge on any atom is 0.271 e. The molecule has 2 aromatic rings. The SMILES string of the molecule is Cc1ccc([N+](=O)[O-])cc1NS(=O)(=O)c1cccc(C#N)c1. The number of nitro groups is 1. The molecular weight excluding hydrogens is 306 g/mol. The van der Waals surface area contributed by atoms with Crippen LogP contribution in [-0.4, -0.2) is 13.3 Å². The Bertz CT molecular complexity index is 885. The van der Waals surface area contributed by atoms with Gasteiger partial charge in [-0.15, -0.1) is 0 Å². The number of hydrogen-bond acceptors (Lipinski definition) is 5. The van der Waals surface area contributed by atoms with Crippen LogP contribution in [0.5, 0.6) is 0 Å². The molecule has 8 heteroatoms. The Hall–Kier alpha value is -2.92. The quantitative estimate of drug-likeness (QED) is 0.687. The molecule has 112 valence electrons. The minimum absolute atomic E-state index is 0.0857. The molecule has 0 saturated heterocycles. The molecule has 0 aliphatic heterocycles. The van der Waals surface area contributed by atoms with E-state index in [0.29, 0.717) is 5.56 Å². The van der Waals surface area contributed by atoms with E-state index < -0.39 is 14.9 Å². The number of nitro benzene ring substituents is 1. The first-order chi connectivity index (χ1) is 10.3. The summed E-state index contributed by atoms with van der Waals surface area (Å²) in [4.78, 5) is 10.1. The van der Waals surface area contributed by atoms with Crippen molar-refractivity contribution in [3.05, 3.63) is 63.7 Å². The zero-order valence-corrected chi connectivity index (χ0v) is 12.3. The maximum atomic E-state index is 12.3. The van der Waals surface area contributed by atoms with Gasteiger partial charge in [0.15, 0.2) is 0 Å². The monoisotopic (exact) mass is 317 g/mol. The van der Waals surface area contributed by atoms with Gasteiger partial charge in [0.05, 0.1) is 27.1 Å². The van der Waals surface area contributed by atoms with Gasteiger partial charge in [-0.25, -0.2) is 8.42 Å². The number of nitrogens with zero attached hydrogens (tertiary/aromatic N) is 2. The lowest BCUT2D eigenvalue weighted by Crippen LogP contribution is -2.14. The third-order valence-electron chi connectivity index (χ3n) is 2.95. The molecule has 0 bridgehead atoms. The lowest BCUT2D eigenvalue weighted by atomic mass is 10.2. The molecule has 0 aromatic heterocycles. The summed E-state index contributed by atoms with van der Waals surface area (Å²) in [7, 11) is -3.93. The second kappa shape index (κ2) is 5.83. The van der Waals surface area contributed by atoms with Crippen LogP contribution >= 0.6 is 0 Å². The fourth-order valence-corrected chi connectivity index (χ4v) is 2.94. The van der Waals surface area contributed by atoms with Gasteiger partial charge in [-0.05, 0) is 30.7 Å². The average Bonchev–Trinajstić information content (AvgIpc) is 2.49. The van der Waals surface area contributed by atoms with Gasteiger partial charge in [-0.3, -0.25) is 14.8 Å². The Morgan fingerprint density at radius 2 is 1.95 bits per heavy atom. The fourth-order valence-electron chi connectivity index (χ4n) is 1.77. The number of rotatable bonds is 4. The van der Waals surface area contributed by atoms with E-state index in [1.165, 1.54) is 36.4 Å². The third kappa shape index (κ3) is 3.21. The summed E-state index contributed by atoms with van der Waals surface area (Å²) in [5.74, 6) is 0. The molecule has 0 aliphatic carbocycles. The molecular formula is C14H11N3O4S. The molecule has 0 atom stereocenters. The fraction of sp³-hybridized carbons (Fsp3) is 0.0714. The summed E-state index contributed by atoms with van der Waals surface area (Å²) in [6.07, 6.45) is 0. The predicted octanol–water partition coefficient (Wildman–Crippen LogP) is 2.58. The van der Waals surface area contributed by atoms with Crippen LogP contribution in [0.25, 0.3) is 0 Å². The minimum Gasteiger partial charge on any atom is -0.279 e. The molecule has 22 heavy (non-hydrogen) atoms. The lowest BCUT2D eigenvalue weighted by Gasteiger charge is -2.10. The van der Waals surface area contributed by atoms with Crippen LogP contribution < -0.4 is 4.72 Å². The van der Waals surface area contributed by atoms with Crippen molar-refractivity contribution in [2.75, 3.05) is 4.72 Å². The van der Waals surface area contributed by atoms with E-state index in [4.69, 9.17) is 5.26 Å². The highest BCUT2D eigenvalue weighted by Gasteiger charge is 2.17. The van der Waals surface area contributed by atoms with Crippen molar-refractivity contribution in [3.63, 3.8) is 0 Å². The van der Waals surface area contributed by atoms with Crippen LogP contribution in [0.1, 0.15) is 11.1 Å². The molecule has 0 fully saturated rings. The van der Waals surface area contributed by atoms with Crippen molar-refractivity contribution >= 4 is 21.4 Å². The minimum atomic E-state index is -3.93. The number of nitriles is 1. The second-order valence-corrected chi connectivity index (χ2v) is 6.18. The van der Waals surface area contributed by atoms with Gasteiger partial charge in [0.25, 0.3) is 15.7 Å². The highest BCUT2D eigenvalue weighted by Crippen LogP contribution is 2.24. The summed E-state index contributed by atoms with van der Waals surface area (Å²) in [6, 6.07) is 11.3. The Labute approximate surface area is 127 Å². The van der Waals surface area contributed by atoms with E-state index in [-0.39, 0.29) is 21.8 Å². The van der Waals surface area contributed by atoms with E-state index in [2.05, 4.69) is 4.72 Å². The molecule has 0 heterocycles. The predicted molar refractivity (Wildman–Crippen MR) is 79.8 cm³/mol. The highest BCUT2D eigenvalue weighted by molar-refractivity contribution is 7.92. The van der Waals surface area contributed by atoms with Crippen LogP contribution in [0, 0.1) is 28.4 Å². The summed E-state index contributed by atoms with van der Waals surface area (Å²) in [5, 5.41) is 19.6. The van der Waals surface area contributed by atoms with Gasteiger partial charge in [0.1, 0.15) is 0 Å². The molecule has 0 spiro atoms. The first-order valence-electron chi connectivity index (χ1n) is 6.11. The van der Waals surface area contributed by atoms with Gasteiger partial charge < -0.3 is 0 Å². The van der Waals surface area contributed by atoms with E-state index in [9.17, 15) is 18.5 Å². The van der Waals surface area contributed by atoms with Gasteiger partial charge in [0, 0.05) is 12.1 Å². The molecule has 0 amide bonds. The molecule has 2 rings (SSSR count). The summed E-state index contributed by atoms with van der Waals surface area (Å²) < 4.78 is 26.9. The van der Waals surface area contributed by atoms with Crippen LogP contribution in [-0.2, 0) is 10.0 Å². The van der Waals surface area contributed by atoms with E-state index in [0.717, 1.165) is 6.07 Å². The van der Waals surface area contributed by atoms with E-state index >= 15 is 0 Å². The number of non-ortho nitro benzene ring substituents is 1. The molecule has 1 N–H and O–H groups in total. The highest BCUT2D eigenvalue weighted by atomic mass is 32.2. The summed E-state index contributed by atoms with van der Waals surface area (Å²) in [6.45, 7) is 1.63. The number of sulfonamides is 1. The van der Waals surface area contributed by atoms with Crippen molar-refractivity contribution in [2.45, 2.75) is 11.8 Å².